The highest BCUT2D eigenvalue weighted by molar-refractivity contribution is 7.80. The summed E-state index contributed by atoms with van der Waals surface area (Å²) in [4.78, 5) is 3.88. The van der Waals surface area contributed by atoms with E-state index in [-0.39, 0.29) is 0 Å². The van der Waals surface area contributed by atoms with Crippen molar-refractivity contribution in [1.82, 2.24) is 10.2 Å². The minimum atomic E-state index is 0.332. The quantitative estimate of drug-likeness (QED) is 0.755. The van der Waals surface area contributed by atoms with E-state index in [4.69, 9.17) is 21.7 Å². The van der Waals surface area contributed by atoms with Crippen molar-refractivity contribution in [1.29, 1.82) is 0 Å². The minimum Gasteiger partial charge on any atom is -0.496 e. The number of hydrogen-bond acceptors (Lipinski definition) is 3. The molecule has 1 aromatic rings. The molecule has 25 heavy (non-hydrogen) atoms. The third-order valence-electron chi connectivity index (χ3n) is 5.14. The summed E-state index contributed by atoms with van der Waals surface area (Å²) in [6.07, 6.45) is 2.65. The van der Waals surface area contributed by atoms with Crippen molar-refractivity contribution < 1.29 is 14.4 Å². The van der Waals surface area contributed by atoms with E-state index in [1.807, 2.05) is 0 Å². The Labute approximate surface area is 156 Å². The fraction of sp³-hybridized carbons (Fsp3) is 0.632. The van der Waals surface area contributed by atoms with Crippen LogP contribution in [0.15, 0.2) is 18.2 Å². The van der Waals surface area contributed by atoms with Crippen LogP contribution in [-0.4, -0.2) is 62.6 Å². The SMILES string of the molecule is COc1ccc(C)cc1C[NH+]1CCN(C(=S)NC[C@@H]2CCCO2)CC1. The molecule has 3 rings (SSSR count). The molecular weight excluding hydrogens is 334 g/mol. The Morgan fingerprint density at radius 2 is 2.20 bits per heavy atom. The van der Waals surface area contributed by atoms with Gasteiger partial charge in [-0.25, -0.2) is 0 Å². The summed E-state index contributed by atoms with van der Waals surface area (Å²) in [6.45, 7) is 9.07. The monoisotopic (exact) mass is 364 g/mol. The van der Waals surface area contributed by atoms with Gasteiger partial charge < -0.3 is 24.6 Å². The number of ether oxygens (including phenoxy) is 2. The lowest BCUT2D eigenvalue weighted by molar-refractivity contribution is -0.917. The molecule has 1 aromatic carbocycles. The van der Waals surface area contributed by atoms with E-state index >= 15 is 0 Å². The molecule has 0 amide bonds. The zero-order chi connectivity index (χ0) is 17.6. The molecule has 2 N–H and O–H groups in total. The molecule has 0 radical (unpaired) electrons. The molecule has 5 nitrogen and oxygen atoms in total. The Morgan fingerprint density at radius 3 is 2.88 bits per heavy atom. The summed E-state index contributed by atoms with van der Waals surface area (Å²) in [7, 11) is 1.75. The minimum absolute atomic E-state index is 0.332. The number of rotatable bonds is 5. The van der Waals surface area contributed by atoms with E-state index in [9.17, 15) is 0 Å². The van der Waals surface area contributed by atoms with Crippen LogP contribution in [0.25, 0.3) is 0 Å². The van der Waals surface area contributed by atoms with Gasteiger partial charge in [0.05, 0.1) is 39.4 Å². The van der Waals surface area contributed by atoms with Crippen LogP contribution < -0.4 is 15.0 Å². The Bertz CT molecular complexity index is 582. The first-order valence-corrected chi connectivity index (χ1v) is 9.68. The summed E-state index contributed by atoms with van der Waals surface area (Å²) in [5.74, 6) is 0.995. The maximum absolute atomic E-state index is 5.65. The number of methoxy groups -OCH3 is 1. The third-order valence-corrected chi connectivity index (χ3v) is 5.54. The Kier molecular flexibility index (Phi) is 6.51. The normalized spacial score (nSPS) is 21.4. The molecule has 0 bridgehead atoms. The fourth-order valence-electron chi connectivity index (χ4n) is 3.64. The lowest BCUT2D eigenvalue weighted by Gasteiger charge is -2.34. The fourth-order valence-corrected chi connectivity index (χ4v) is 3.90. The highest BCUT2D eigenvalue weighted by Gasteiger charge is 2.23. The van der Waals surface area contributed by atoms with Crippen molar-refractivity contribution in [2.75, 3.05) is 46.4 Å². The molecule has 0 aliphatic carbocycles. The van der Waals surface area contributed by atoms with E-state index in [0.717, 1.165) is 63.2 Å². The predicted octanol–water partition coefficient (Wildman–Crippen LogP) is 0.758. The number of aryl methyl sites for hydroxylation is 1. The molecule has 2 aliphatic rings. The molecule has 138 valence electrons. The van der Waals surface area contributed by atoms with Crippen LogP contribution >= 0.6 is 12.2 Å². The maximum Gasteiger partial charge on any atom is 0.169 e. The number of nitrogens with zero attached hydrogens (tertiary/aromatic N) is 1. The number of nitrogens with one attached hydrogen (secondary N) is 2. The zero-order valence-corrected chi connectivity index (χ0v) is 16.2. The van der Waals surface area contributed by atoms with Gasteiger partial charge in [0.1, 0.15) is 12.3 Å². The average molecular weight is 365 g/mol. The average Bonchev–Trinajstić information content (AvgIpc) is 3.14. The lowest BCUT2D eigenvalue weighted by atomic mass is 10.1. The first-order valence-electron chi connectivity index (χ1n) is 9.27. The highest BCUT2D eigenvalue weighted by Crippen LogP contribution is 2.18. The molecule has 6 heteroatoms. The molecule has 0 aromatic heterocycles. The van der Waals surface area contributed by atoms with Crippen molar-refractivity contribution in [3.05, 3.63) is 29.3 Å². The number of thiocarbonyl (C=S) groups is 1. The van der Waals surface area contributed by atoms with Gasteiger partial charge in [0.15, 0.2) is 5.11 Å². The van der Waals surface area contributed by atoms with Crippen LogP contribution in [-0.2, 0) is 11.3 Å². The van der Waals surface area contributed by atoms with Crippen molar-refractivity contribution in [2.45, 2.75) is 32.4 Å². The molecule has 1 atom stereocenters. The van der Waals surface area contributed by atoms with Gasteiger partial charge in [0.25, 0.3) is 0 Å². The molecule has 0 unspecified atom stereocenters. The number of piperazine rings is 1. The van der Waals surface area contributed by atoms with Gasteiger partial charge in [-0.3, -0.25) is 0 Å². The predicted molar refractivity (Wildman–Crippen MR) is 103 cm³/mol. The topological polar surface area (TPSA) is 38.2 Å². The molecule has 2 saturated heterocycles. The van der Waals surface area contributed by atoms with Crippen LogP contribution in [0.3, 0.4) is 0 Å². The van der Waals surface area contributed by atoms with Gasteiger partial charge in [0.2, 0.25) is 0 Å². The van der Waals surface area contributed by atoms with E-state index in [2.05, 4.69) is 35.3 Å². The Hall–Kier alpha value is -1.37. The van der Waals surface area contributed by atoms with Crippen molar-refractivity contribution >= 4 is 17.3 Å². The Morgan fingerprint density at radius 1 is 1.40 bits per heavy atom. The van der Waals surface area contributed by atoms with Crippen molar-refractivity contribution in [3.8, 4) is 5.75 Å². The second-order valence-corrected chi connectivity index (χ2v) is 7.44. The maximum atomic E-state index is 5.65. The van der Waals surface area contributed by atoms with Crippen LogP contribution in [0.5, 0.6) is 5.75 Å². The largest absolute Gasteiger partial charge is 0.496 e. The van der Waals surface area contributed by atoms with Crippen LogP contribution in [0.1, 0.15) is 24.0 Å². The second-order valence-electron chi connectivity index (χ2n) is 7.05. The first kappa shape index (κ1) is 18.4. The molecule has 2 aliphatic heterocycles. The standard InChI is InChI=1S/C19H29N3O2S/c1-15-5-6-18(23-2)16(12-15)14-21-7-9-22(10-8-21)19(25)20-13-17-4-3-11-24-17/h5-6,12,17H,3-4,7-11,13-14H2,1-2H3,(H,20,25)/p+1/t17-/m0/s1. The molecule has 2 heterocycles. The summed E-state index contributed by atoms with van der Waals surface area (Å²) >= 11 is 5.56. The molecule has 2 fully saturated rings. The van der Waals surface area contributed by atoms with E-state index in [1.54, 1.807) is 12.0 Å². The summed E-state index contributed by atoms with van der Waals surface area (Å²) in [5, 5.41) is 4.27. The summed E-state index contributed by atoms with van der Waals surface area (Å²) < 4.78 is 11.2. The molecule has 0 spiro atoms. The van der Waals surface area contributed by atoms with E-state index < -0.39 is 0 Å². The number of quaternary nitrogens is 1. The van der Waals surface area contributed by atoms with Crippen LogP contribution in [0.2, 0.25) is 0 Å². The first-order chi connectivity index (χ1) is 12.2. The Balaban J connectivity index is 1.45. The smallest absolute Gasteiger partial charge is 0.169 e. The lowest BCUT2D eigenvalue weighted by Crippen LogP contribution is -3.13. The van der Waals surface area contributed by atoms with Gasteiger partial charge in [-0.1, -0.05) is 11.6 Å². The van der Waals surface area contributed by atoms with E-state index in [0.29, 0.717) is 6.10 Å². The number of hydrogen-bond donors (Lipinski definition) is 2. The van der Waals surface area contributed by atoms with E-state index in [1.165, 1.54) is 17.5 Å². The van der Waals surface area contributed by atoms with Crippen LogP contribution in [0.4, 0.5) is 0 Å². The van der Waals surface area contributed by atoms with Gasteiger partial charge >= 0.3 is 0 Å². The van der Waals surface area contributed by atoms with Gasteiger partial charge in [-0.05, 0) is 44.1 Å². The van der Waals surface area contributed by atoms with Gasteiger partial charge in [0, 0.05) is 18.7 Å². The van der Waals surface area contributed by atoms with Gasteiger partial charge in [-0.2, -0.15) is 0 Å². The third kappa shape index (κ3) is 5.06. The van der Waals surface area contributed by atoms with Gasteiger partial charge in [-0.15, -0.1) is 0 Å². The van der Waals surface area contributed by atoms with Crippen LogP contribution in [0, 0.1) is 6.92 Å². The number of benzene rings is 1. The summed E-state index contributed by atoms with van der Waals surface area (Å²) in [6, 6.07) is 6.42. The highest BCUT2D eigenvalue weighted by atomic mass is 32.1. The molecule has 0 saturated carbocycles. The van der Waals surface area contributed by atoms with Crippen molar-refractivity contribution in [3.63, 3.8) is 0 Å². The zero-order valence-electron chi connectivity index (χ0n) is 15.3. The second kappa shape index (κ2) is 8.83. The summed E-state index contributed by atoms with van der Waals surface area (Å²) in [5.41, 5.74) is 2.58. The molecular formula is C19H30N3O2S+. The van der Waals surface area contributed by atoms with Crippen molar-refractivity contribution in [2.24, 2.45) is 0 Å².